The van der Waals surface area contributed by atoms with Crippen LogP contribution in [0.25, 0.3) is 0 Å². The Kier molecular flexibility index (Phi) is 4.08. The SMILES string of the molecule is CO[C@@H]1C[C@H](OC)[C@@H](O)[C@@H](CO)O1. The summed E-state index contributed by atoms with van der Waals surface area (Å²) in [5, 5.41) is 18.5. The number of hydrogen-bond donors (Lipinski definition) is 2. The van der Waals surface area contributed by atoms with E-state index in [2.05, 4.69) is 0 Å². The summed E-state index contributed by atoms with van der Waals surface area (Å²) in [6, 6.07) is 0. The van der Waals surface area contributed by atoms with E-state index < -0.39 is 18.5 Å². The van der Waals surface area contributed by atoms with Gasteiger partial charge in [-0.2, -0.15) is 0 Å². The van der Waals surface area contributed by atoms with Crippen LogP contribution in [0.4, 0.5) is 0 Å². The molecule has 4 atom stereocenters. The van der Waals surface area contributed by atoms with Crippen LogP contribution < -0.4 is 0 Å². The van der Waals surface area contributed by atoms with Gasteiger partial charge in [0.15, 0.2) is 6.29 Å². The monoisotopic (exact) mass is 192 g/mol. The van der Waals surface area contributed by atoms with Gasteiger partial charge in [-0.15, -0.1) is 0 Å². The maximum Gasteiger partial charge on any atom is 0.160 e. The van der Waals surface area contributed by atoms with Crippen LogP contribution in [0.15, 0.2) is 0 Å². The Balaban J connectivity index is 2.56. The molecular formula is C8H16O5. The van der Waals surface area contributed by atoms with Gasteiger partial charge >= 0.3 is 0 Å². The fraction of sp³-hybridized carbons (Fsp3) is 1.00. The van der Waals surface area contributed by atoms with Gasteiger partial charge in [0.25, 0.3) is 0 Å². The third-order valence-electron chi connectivity index (χ3n) is 2.26. The van der Waals surface area contributed by atoms with Crippen LogP contribution in [-0.2, 0) is 14.2 Å². The molecule has 2 N–H and O–H groups in total. The standard InChI is InChI=1S/C8H16O5/c1-11-5-3-7(12-2)13-6(4-9)8(5)10/h5-10H,3-4H2,1-2H3/t5-,6+,7-,8+/m0/s1. The van der Waals surface area contributed by atoms with Crippen LogP contribution in [-0.4, -0.2) is 55.6 Å². The van der Waals surface area contributed by atoms with E-state index in [1.807, 2.05) is 0 Å². The topological polar surface area (TPSA) is 68.2 Å². The molecule has 0 saturated carbocycles. The number of methoxy groups -OCH3 is 2. The van der Waals surface area contributed by atoms with Crippen molar-refractivity contribution in [1.82, 2.24) is 0 Å². The van der Waals surface area contributed by atoms with Crippen molar-refractivity contribution >= 4 is 0 Å². The Morgan fingerprint density at radius 1 is 1.38 bits per heavy atom. The lowest BCUT2D eigenvalue weighted by atomic mass is 10.0. The highest BCUT2D eigenvalue weighted by Gasteiger charge is 2.37. The molecule has 1 saturated heterocycles. The molecule has 0 aromatic carbocycles. The highest BCUT2D eigenvalue weighted by molar-refractivity contribution is 4.83. The van der Waals surface area contributed by atoms with E-state index in [-0.39, 0.29) is 12.7 Å². The number of ether oxygens (including phenoxy) is 3. The van der Waals surface area contributed by atoms with Gasteiger partial charge in [-0.3, -0.25) is 0 Å². The predicted molar refractivity (Wildman–Crippen MR) is 44.2 cm³/mol. The van der Waals surface area contributed by atoms with Crippen molar-refractivity contribution in [2.75, 3.05) is 20.8 Å². The van der Waals surface area contributed by atoms with E-state index in [1.54, 1.807) is 0 Å². The maximum atomic E-state index is 9.58. The second-order valence-electron chi connectivity index (χ2n) is 3.02. The Hall–Kier alpha value is -0.200. The molecule has 5 heteroatoms. The van der Waals surface area contributed by atoms with Crippen LogP contribution in [0.3, 0.4) is 0 Å². The second-order valence-corrected chi connectivity index (χ2v) is 3.02. The first-order valence-corrected chi connectivity index (χ1v) is 4.23. The third-order valence-corrected chi connectivity index (χ3v) is 2.26. The fourth-order valence-electron chi connectivity index (χ4n) is 1.44. The normalized spacial score (nSPS) is 40.6. The Morgan fingerprint density at radius 3 is 2.54 bits per heavy atom. The molecule has 1 aliphatic heterocycles. The van der Waals surface area contributed by atoms with Gasteiger partial charge in [0, 0.05) is 20.6 Å². The van der Waals surface area contributed by atoms with Crippen molar-refractivity contribution in [3.8, 4) is 0 Å². The molecular weight excluding hydrogens is 176 g/mol. The molecule has 0 aromatic heterocycles. The van der Waals surface area contributed by atoms with Crippen molar-refractivity contribution in [3.63, 3.8) is 0 Å². The van der Waals surface area contributed by atoms with Gasteiger partial charge in [0.2, 0.25) is 0 Å². The molecule has 0 amide bonds. The number of hydrogen-bond acceptors (Lipinski definition) is 5. The highest BCUT2D eigenvalue weighted by atomic mass is 16.7. The van der Waals surface area contributed by atoms with Gasteiger partial charge in [-0.1, -0.05) is 0 Å². The minimum Gasteiger partial charge on any atom is -0.394 e. The van der Waals surface area contributed by atoms with E-state index in [4.69, 9.17) is 19.3 Å². The molecule has 1 heterocycles. The molecule has 0 radical (unpaired) electrons. The van der Waals surface area contributed by atoms with E-state index in [0.29, 0.717) is 6.42 Å². The molecule has 0 aliphatic carbocycles. The summed E-state index contributed by atoms with van der Waals surface area (Å²) in [5.74, 6) is 0. The van der Waals surface area contributed by atoms with Gasteiger partial charge < -0.3 is 24.4 Å². The Morgan fingerprint density at radius 2 is 2.08 bits per heavy atom. The number of rotatable bonds is 3. The summed E-state index contributed by atoms with van der Waals surface area (Å²) in [4.78, 5) is 0. The summed E-state index contributed by atoms with van der Waals surface area (Å²) < 4.78 is 15.3. The van der Waals surface area contributed by atoms with Crippen molar-refractivity contribution < 1.29 is 24.4 Å². The zero-order valence-corrected chi connectivity index (χ0v) is 7.84. The Bertz CT molecular complexity index is 137. The van der Waals surface area contributed by atoms with Gasteiger partial charge in [-0.25, -0.2) is 0 Å². The molecule has 0 bridgehead atoms. The van der Waals surface area contributed by atoms with Crippen LogP contribution >= 0.6 is 0 Å². The van der Waals surface area contributed by atoms with Crippen molar-refractivity contribution in [3.05, 3.63) is 0 Å². The summed E-state index contributed by atoms with van der Waals surface area (Å²) in [6.45, 7) is -0.235. The minimum absolute atomic E-state index is 0.235. The van der Waals surface area contributed by atoms with E-state index in [1.165, 1.54) is 14.2 Å². The van der Waals surface area contributed by atoms with Gasteiger partial charge in [0.05, 0.1) is 12.7 Å². The van der Waals surface area contributed by atoms with Crippen LogP contribution in [0.2, 0.25) is 0 Å². The molecule has 5 nitrogen and oxygen atoms in total. The molecule has 78 valence electrons. The molecule has 13 heavy (non-hydrogen) atoms. The van der Waals surface area contributed by atoms with Crippen LogP contribution in [0.5, 0.6) is 0 Å². The average molecular weight is 192 g/mol. The van der Waals surface area contributed by atoms with Crippen molar-refractivity contribution in [1.29, 1.82) is 0 Å². The van der Waals surface area contributed by atoms with E-state index >= 15 is 0 Å². The number of aliphatic hydroxyl groups is 2. The van der Waals surface area contributed by atoms with Crippen LogP contribution in [0.1, 0.15) is 6.42 Å². The molecule has 0 aromatic rings. The van der Waals surface area contributed by atoms with Crippen LogP contribution in [0, 0.1) is 0 Å². The van der Waals surface area contributed by atoms with Crippen molar-refractivity contribution in [2.45, 2.75) is 31.0 Å². The Labute approximate surface area is 77.2 Å². The van der Waals surface area contributed by atoms with Crippen molar-refractivity contribution in [2.24, 2.45) is 0 Å². The summed E-state index contributed by atoms with van der Waals surface area (Å²) in [6.07, 6.45) is -1.68. The minimum atomic E-state index is -0.790. The first-order valence-electron chi connectivity index (χ1n) is 4.23. The fourth-order valence-corrected chi connectivity index (χ4v) is 1.44. The largest absolute Gasteiger partial charge is 0.394 e. The molecule has 1 fully saturated rings. The molecule has 0 spiro atoms. The first-order chi connectivity index (χ1) is 6.22. The maximum absolute atomic E-state index is 9.58. The highest BCUT2D eigenvalue weighted by Crippen LogP contribution is 2.22. The summed E-state index contributed by atoms with van der Waals surface area (Å²) >= 11 is 0. The number of aliphatic hydroxyl groups excluding tert-OH is 2. The molecule has 1 aliphatic rings. The van der Waals surface area contributed by atoms with E-state index in [9.17, 15) is 5.11 Å². The first kappa shape index (κ1) is 10.9. The smallest absolute Gasteiger partial charge is 0.160 e. The van der Waals surface area contributed by atoms with Gasteiger partial charge in [0.1, 0.15) is 12.2 Å². The average Bonchev–Trinajstić information content (AvgIpc) is 2.18. The molecule has 0 unspecified atom stereocenters. The van der Waals surface area contributed by atoms with Gasteiger partial charge in [-0.05, 0) is 0 Å². The summed E-state index contributed by atoms with van der Waals surface area (Å²) in [7, 11) is 3.03. The predicted octanol–water partition coefficient (Wildman–Crippen LogP) is -0.884. The zero-order chi connectivity index (χ0) is 9.84. The lowest BCUT2D eigenvalue weighted by Crippen LogP contribution is -2.51. The van der Waals surface area contributed by atoms with E-state index in [0.717, 1.165) is 0 Å². The zero-order valence-electron chi connectivity index (χ0n) is 7.84. The molecule has 1 rings (SSSR count). The quantitative estimate of drug-likeness (QED) is 0.607. The second kappa shape index (κ2) is 4.88. The lowest BCUT2D eigenvalue weighted by Gasteiger charge is -2.37. The third kappa shape index (κ3) is 2.38. The lowest BCUT2D eigenvalue weighted by molar-refractivity contribution is -0.252. The summed E-state index contributed by atoms with van der Waals surface area (Å²) in [5.41, 5.74) is 0.